The first-order valence-electron chi connectivity index (χ1n) is 4.02. The number of nitrogens with zero attached hydrogens (tertiary/aromatic N) is 2. The van der Waals surface area contributed by atoms with Crippen molar-refractivity contribution < 1.29 is 0 Å². The van der Waals surface area contributed by atoms with Gasteiger partial charge in [0.25, 0.3) is 0 Å². The first-order valence-corrected chi connectivity index (χ1v) is 4.42. The minimum atomic E-state index is 0.587. The number of rotatable bonds is 4. The van der Waals surface area contributed by atoms with E-state index in [9.17, 15) is 0 Å². The number of hydrogen-bond donors (Lipinski definition) is 0. The molecule has 3 heteroatoms. The molecule has 0 spiro atoms. The molecule has 0 N–H and O–H groups in total. The lowest BCUT2D eigenvalue weighted by atomic mass is 10.3. The van der Waals surface area contributed by atoms with Crippen molar-refractivity contribution in [3.63, 3.8) is 0 Å². The second-order valence-electron chi connectivity index (χ2n) is 2.60. The van der Waals surface area contributed by atoms with Gasteiger partial charge in [0.2, 0.25) is 0 Å². The van der Waals surface area contributed by atoms with E-state index in [1.807, 2.05) is 0 Å². The van der Waals surface area contributed by atoms with Crippen LogP contribution in [0.2, 0.25) is 0 Å². The summed E-state index contributed by atoms with van der Waals surface area (Å²) in [5, 5.41) is 0.587. The Kier molecular flexibility index (Phi) is 3.58. The summed E-state index contributed by atoms with van der Waals surface area (Å²) in [6, 6.07) is 1.80. The molecule has 1 heterocycles. The fraction of sp³-hybridized carbons (Fsp3) is 0.200. The van der Waals surface area contributed by atoms with E-state index >= 15 is 0 Å². The van der Waals surface area contributed by atoms with Gasteiger partial charge in [-0.2, -0.15) is 0 Å². The second kappa shape index (κ2) is 4.72. The molecule has 0 aliphatic heterocycles. The van der Waals surface area contributed by atoms with E-state index in [1.165, 1.54) is 0 Å². The summed E-state index contributed by atoms with van der Waals surface area (Å²) in [5.41, 5.74) is 0.923. The fourth-order valence-electron chi connectivity index (χ4n) is 0.998. The van der Waals surface area contributed by atoms with Crippen LogP contribution in [0.4, 0.5) is 0 Å². The third kappa shape index (κ3) is 2.95. The third-order valence-electron chi connectivity index (χ3n) is 1.48. The fourth-order valence-corrected chi connectivity index (χ4v) is 1.24. The van der Waals surface area contributed by atoms with E-state index in [-0.39, 0.29) is 0 Å². The van der Waals surface area contributed by atoms with E-state index in [2.05, 4.69) is 23.1 Å². The van der Waals surface area contributed by atoms with Crippen molar-refractivity contribution in [2.45, 2.75) is 17.9 Å². The van der Waals surface area contributed by atoms with Crippen LogP contribution in [0.15, 0.2) is 36.4 Å². The molecule has 13 heavy (non-hydrogen) atoms. The van der Waals surface area contributed by atoms with Gasteiger partial charge in [0.15, 0.2) is 0 Å². The van der Waals surface area contributed by atoms with Crippen LogP contribution in [0.5, 0.6) is 0 Å². The zero-order valence-corrected chi connectivity index (χ0v) is 8.18. The molecule has 1 radical (unpaired) electrons. The summed E-state index contributed by atoms with van der Waals surface area (Å²) in [4.78, 5) is 8.40. The van der Waals surface area contributed by atoms with E-state index in [0.29, 0.717) is 11.4 Å². The molecule has 0 atom stereocenters. The Balaban J connectivity index is 2.95. The number of hydrogen-bond acceptors (Lipinski definition) is 2. The van der Waals surface area contributed by atoms with Crippen molar-refractivity contribution in [3.8, 4) is 0 Å². The van der Waals surface area contributed by atoms with Gasteiger partial charge in [-0.15, -0.1) is 13.2 Å². The Morgan fingerprint density at radius 3 is 2.54 bits per heavy atom. The molecular weight excluding hydrogens is 180 g/mol. The molecule has 2 nitrogen and oxygen atoms in total. The van der Waals surface area contributed by atoms with Crippen molar-refractivity contribution >= 4 is 12.6 Å². The van der Waals surface area contributed by atoms with Crippen molar-refractivity contribution in [2.24, 2.45) is 0 Å². The number of allylic oxidation sites excluding steroid dienone is 2. The van der Waals surface area contributed by atoms with Gasteiger partial charge < -0.3 is 0 Å². The van der Waals surface area contributed by atoms with Crippen molar-refractivity contribution in [1.82, 2.24) is 9.97 Å². The van der Waals surface area contributed by atoms with Gasteiger partial charge in [0.1, 0.15) is 10.9 Å². The summed E-state index contributed by atoms with van der Waals surface area (Å²) in [7, 11) is 0. The molecule has 0 amide bonds. The van der Waals surface area contributed by atoms with Gasteiger partial charge in [-0.1, -0.05) is 24.8 Å². The maximum atomic E-state index is 5.00. The first kappa shape index (κ1) is 9.86. The van der Waals surface area contributed by atoms with Gasteiger partial charge in [-0.25, -0.2) is 9.97 Å². The molecule has 0 saturated heterocycles. The largest absolute Gasteiger partial charge is 0.237 e. The first-order chi connectivity index (χ1) is 6.26. The third-order valence-corrected chi connectivity index (χ3v) is 1.69. The lowest BCUT2D eigenvalue weighted by Crippen LogP contribution is -1.98. The Hall–Kier alpha value is -1.22. The van der Waals surface area contributed by atoms with Gasteiger partial charge >= 0.3 is 0 Å². The smallest absolute Gasteiger partial charge is 0.134 e. The zero-order valence-electron chi connectivity index (χ0n) is 7.36. The molecular formula is C10H11N2S. The molecule has 0 bridgehead atoms. The maximum absolute atomic E-state index is 5.00. The molecule has 0 aromatic carbocycles. The standard InChI is InChI=1S/C10H11N2S/c1-3-5-8-7-10(13)12-9(11-8)6-4-2/h3-4,7H,1-2,5-6H2. The predicted molar refractivity (Wildman–Crippen MR) is 55.7 cm³/mol. The Morgan fingerprint density at radius 1 is 1.23 bits per heavy atom. The summed E-state index contributed by atoms with van der Waals surface area (Å²) >= 11 is 5.00. The average Bonchev–Trinajstić information content (AvgIpc) is 2.04. The topological polar surface area (TPSA) is 25.8 Å². The monoisotopic (exact) mass is 191 g/mol. The Bertz CT molecular complexity index is 292. The molecule has 0 fully saturated rings. The molecule has 1 aromatic heterocycles. The summed E-state index contributed by atoms with van der Waals surface area (Å²) in [6.45, 7) is 7.27. The van der Waals surface area contributed by atoms with Gasteiger partial charge in [-0.3, -0.25) is 0 Å². The zero-order chi connectivity index (χ0) is 9.68. The van der Waals surface area contributed by atoms with E-state index in [0.717, 1.165) is 17.9 Å². The number of aromatic nitrogens is 2. The Labute approximate surface area is 83.8 Å². The van der Waals surface area contributed by atoms with E-state index in [4.69, 9.17) is 12.6 Å². The molecule has 0 unspecified atom stereocenters. The van der Waals surface area contributed by atoms with Crippen LogP contribution < -0.4 is 0 Å². The van der Waals surface area contributed by atoms with Crippen LogP contribution >= 0.6 is 12.6 Å². The van der Waals surface area contributed by atoms with Gasteiger partial charge in [-0.05, 0) is 6.07 Å². The predicted octanol–water partition coefficient (Wildman–Crippen LogP) is 2.49. The van der Waals surface area contributed by atoms with Crippen LogP contribution in [0.1, 0.15) is 11.5 Å². The van der Waals surface area contributed by atoms with Crippen molar-refractivity contribution in [1.29, 1.82) is 0 Å². The van der Waals surface area contributed by atoms with E-state index < -0.39 is 0 Å². The Morgan fingerprint density at radius 2 is 1.92 bits per heavy atom. The summed E-state index contributed by atoms with van der Waals surface area (Å²) in [6.07, 6.45) is 4.96. The van der Waals surface area contributed by atoms with Crippen molar-refractivity contribution in [3.05, 3.63) is 42.9 Å². The highest BCUT2D eigenvalue weighted by Crippen LogP contribution is 2.07. The molecule has 1 aromatic rings. The molecule has 0 saturated carbocycles. The lowest BCUT2D eigenvalue weighted by molar-refractivity contribution is 0.886. The molecule has 0 aliphatic rings. The highest BCUT2D eigenvalue weighted by Gasteiger charge is 2.00. The molecule has 1 rings (SSSR count). The van der Waals surface area contributed by atoms with Gasteiger partial charge in [0.05, 0.1) is 0 Å². The van der Waals surface area contributed by atoms with Crippen LogP contribution in [-0.4, -0.2) is 9.97 Å². The highest BCUT2D eigenvalue weighted by molar-refractivity contribution is 7.80. The maximum Gasteiger partial charge on any atom is 0.134 e. The summed E-state index contributed by atoms with van der Waals surface area (Å²) < 4.78 is 0. The minimum absolute atomic E-state index is 0.587. The SMILES string of the molecule is C=CCc1cc([S])nc(CC=C)n1. The minimum Gasteiger partial charge on any atom is -0.237 e. The van der Waals surface area contributed by atoms with Crippen LogP contribution in [0.3, 0.4) is 0 Å². The summed E-state index contributed by atoms with van der Waals surface area (Å²) in [5.74, 6) is 0.736. The van der Waals surface area contributed by atoms with Crippen molar-refractivity contribution in [2.75, 3.05) is 0 Å². The molecule has 67 valence electrons. The van der Waals surface area contributed by atoms with Gasteiger partial charge in [0, 0.05) is 18.5 Å². The normalized spacial score (nSPS) is 9.54. The van der Waals surface area contributed by atoms with E-state index in [1.54, 1.807) is 18.2 Å². The highest BCUT2D eigenvalue weighted by atomic mass is 32.1. The van der Waals surface area contributed by atoms with Crippen LogP contribution in [0, 0.1) is 0 Å². The quantitative estimate of drug-likeness (QED) is 0.539. The molecule has 0 aliphatic carbocycles. The second-order valence-corrected chi connectivity index (χ2v) is 3.02. The average molecular weight is 191 g/mol. The lowest BCUT2D eigenvalue weighted by Gasteiger charge is -2.00. The van der Waals surface area contributed by atoms with Crippen LogP contribution in [0.25, 0.3) is 0 Å². The van der Waals surface area contributed by atoms with Crippen LogP contribution in [-0.2, 0) is 12.8 Å².